The average Bonchev–Trinajstić information content (AvgIpc) is 2.79. The van der Waals surface area contributed by atoms with E-state index in [1.54, 1.807) is 4.68 Å². The van der Waals surface area contributed by atoms with Gasteiger partial charge in [0.05, 0.1) is 19.3 Å². The van der Waals surface area contributed by atoms with E-state index in [-0.39, 0.29) is 12.5 Å². The third-order valence-corrected chi connectivity index (χ3v) is 3.10. The molecule has 0 unspecified atom stereocenters. The summed E-state index contributed by atoms with van der Waals surface area (Å²) in [6, 6.07) is 0. The minimum atomic E-state index is -0.182. The first-order chi connectivity index (χ1) is 8.26. The molecule has 0 aliphatic heterocycles. The molecule has 0 saturated heterocycles. The average molecular weight is 257 g/mol. The monoisotopic (exact) mass is 257 g/mol. The van der Waals surface area contributed by atoms with Crippen molar-refractivity contribution in [3.63, 3.8) is 0 Å². The molecule has 0 aliphatic carbocycles. The van der Waals surface area contributed by atoms with Gasteiger partial charge in [0.2, 0.25) is 5.91 Å². The fourth-order valence-electron chi connectivity index (χ4n) is 1.26. The van der Waals surface area contributed by atoms with Crippen molar-refractivity contribution in [2.24, 2.45) is 5.73 Å². The number of hydrogen-bond donors (Lipinski definition) is 2. The number of rotatable bonds is 8. The number of carbonyl (C=O) groups is 1. The van der Waals surface area contributed by atoms with Crippen molar-refractivity contribution in [2.45, 2.75) is 26.4 Å². The highest BCUT2D eigenvalue weighted by atomic mass is 32.2. The third-order valence-electron chi connectivity index (χ3n) is 2.12. The number of nitrogens with zero attached hydrogens (tertiary/aromatic N) is 3. The number of thioether (sulfide) groups is 1. The summed E-state index contributed by atoms with van der Waals surface area (Å²) in [6.45, 7) is 3.41. The molecule has 3 N–H and O–H groups in total. The van der Waals surface area contributed by atoms with E-state index >= 15 is 0 Å². The Labute approximate surface area is 105 Å². The summed E-state index contributed by atoms with van der Waals surface area (Å²) in [6.07, 6.45) is 2.93. The summed E-state index contributed by atoms with van der Waals surface area (Å²) in [5.74, 6) is 2.10. The fraction of sp³-hybridized carbons (Fsp3) is 0.700. The van der Waals surface area contributed by atoms with Gasteiger partial charge in [-0.2, -0.15) is 11.8 Å². The number of carbonyl (C=O) groups excluding carboxylic acids is 1. The van der Waals surface area contributed by atoms with Gasteiger partial charge in [0.25, 0.3) is 0 Å². The SMILES string of the molecule is CCSCCCn1cc(CNC(=O)CN)nn1. The molecule has 1 amide bonds. The van der Waals surface area contributed by atoms with E-state index in [1.165, 1.54) is 0 Å². The lowest BCUT2D eigenvalue weighted by Gasteiger charge is -1.99. The van der Waals surface area contributed by atoms with E-state index in [9.17, 15) is 4.79 Å². The number of nitrogens with two attached hydrogens (primary N) is 1. The minimum Gasteiger partial charge on any atom is -0.349 e. The van der Waals surface area contributed by atoms with Crippen LogP contribution in [0, 0.1) is 0 Å². The molecule has 7 heteroatoms. The molecule has 1 aromatic rings. The molecule has 1 rings (SSSR count). The Kier molecular flexibility index (Phi) is 6.64. The molecule has 0 saturated carbocycles. The van der Waals surface area contributed by atoms with Crippen LogP contribution in [0.2, 0.25) is 0 Å². The molecule has 0 atom stereocenters. The Bertz CT molecular complexity index is 341. The van der Waals surface area contributed by atoms with Crippen LogP contribution >= 0.6 is 11.8 Å². The maximum absolute atomic E-state index is 10.9. The van der Waals surface area contributed by atoms with Gasteiger partial charge in [0.15, 0.2) is 0 Å². The Morgan fingerprint density at radius 2 is 2.47 bits per heavy atom. The maximum Gasteiger partial charge on any atom is 0.234 e. The third kappa shape index (κ3) is 5.69. The van der Waals surface area contributed by atoms with Crippen molar-refractivity contribution >= 4 is 17.7 Å². The second kappa shape index (κ2) is 8.08. The van der Waals surface area contributed by atoms with Crippen molar-refractivity contribution < 1.29 is 4.79 Å². The molecule has 0 aromatic carbocycles. The Morgan fingerprint density at radius 3 is 3.18 bits per heavy atom. The summed E-state index contributed by atoms with van der Waals surface area (Å²) in [4.78, 5) is 10.9. The molecule has 0 bridgehead atoms. The predicted molar refractivity (Wildman–Crippen MR) is 68.5 cm³/mol. The number of amides is 1. The van der Waals surface area contributed by atoms with E-state index in [0.29, 0.717) is 6.54 Å². The highest BCUT2D eigenvalue weighted by molar-refractivity contribution is 7.99. The van der Waals surface area contributed by atoms with E-state index in [1.807, 2.05) is 18.0 Å². The summed E-state index contributed by atoms with van der Waals surface area (Å²) in [5.41, 5.74) is 5.94. The first kappa shape index (κ1) is 14.0. The van der Waals surface area contributed by atoms with Crippen LogP contribution in [0.1, 0.15) is 19.0 Å². The van der Waals surface area contributed by atoms with Gasteiger partial charge >= 0.3 is 0 Å². The summed E-state index contributed by atoms with van der Waals surface area (Å²) < 4.78 is 1.81. The lowest BCUT2D eigenvalue weighted by atomic mass is 10.4. The van der Waals surface area contributed by atoms with E-state index < -0.39 is 0 Å². The van der Waals surface area contributed by atoms with Crippen LogP contribution in [0.4, 0.5) is 0 Å². The molecule has 17 heavy (non-hydrogen) atoms. The van der Waals surface area contributed by atoms with Gasteiger partial charge in [-0.15, -0.1) is 5.10 Å². The van der Waals surface area contributed by atoms with Gasteiger partial charge in [-0.25, -0.2) is 0 Å². The number of hydrogen-bond acceptors (Lipinski definition) is 5. The fourth-order valence-corrected chi connectivity index (χ4v) is 1.88. The highest BCUT2D eigenvalue weighted by Gasteiger charge is 2.02. The van der Waals surface area contributed by atoms with Gasteiger partial charge in [-0.3, -0.25) is 9.48 Å². The molecule has 1 heterocycles. The second-order valence-electron chi connectivity index (χ2n) is 3.50. The molecule has 96 valence electrons. The minimum absolute atomic E-state index is 0.00236. The summed E-state index contributed by atoms with van der Waals surface area (Å²) >= 11 is 1.92. The van der Waals surface area contributed by atoms with Crippen LogP contribution in [0.3, 0.4) is 0 Å². The van der Waals surface area contributed by atoms with Crippen LogP contribution < -0.4 is 11.1 Å². The molecule has 1 aromatic heterocycles. The highest BCUT2D eigenvalue weighted by Crippen LogP contribution is 2.02. The van der Waals surface area contributed by atoms with Crippen LogP contribution in [-0.2, 0) is 17.9 Å². The van der Waals surface area contributed by atoms with Crippen molar-refractivity contribution in [3.05, 3.63) is 11.9 Å². The van der Waals surface area contributed by atoms with Crippen LogP contribution in [-0.4, -0.2) is 39.0 Å². The normalized spacial score (nSPS) is 10.5. The van der Waals surface area contributed by atoms with Crippen molar-refractivity contribution in [2.75, 3.05) is 18.1 Å². The number of nitrogens with one attached hydrogen (secondary N) is 1. The van der Waals surface area contributed by atoms with E-state index in [2.05, 4.69) is 22.6 Å². The zero-order chi connectivity index (χ0) is 12.5. The van der Waals surface area contributed by atoms with E-state index in [0.717, 1.165) is 30.2 Å². The standard InChI is InChI=1S/C10H19N5OS/c1-2-17-5-3-4-15-8-9(13-14-15)7-12-10(16)6-11/h8H,2-7,11H2,1H3,(H,12,16). The molecular weight excluding hydrogens is 238 g/mol. The number of aryl methyl sites for hydroxylation is 1. The predicted octanol–water partition coefficient (Wildman–Crippen LogP) is -0.00380. The quantitative estimate of drug-likeness (QED) is 0.640. The molecule has 0 spiro atoms. The van der Waals surface area contributed by atoms with Crippen molar-refractivity contribution in [1.29, 1.82) is 0 Å². The Morgan fingerprint density at radius 1 is 1.65 bits per heavy atom. The first-order valence-corrected chi connectivity index (χ1v) is 6.85. The summed E-state index contributed by atoms with van der Waals surface area (Å²) in [5, 5.41) is 10.6. The molecule has 6 nitrogen and oxygen atoms in total. The Balaban J connectivity index is 2.25. The van der Waals surface area contributed by atoms with Crippen molar-refractivity contribution in [1.82, 2.24) is 20.3 Å². The first-order valence-electron chi connectivity index (χ1n) is 5.69. The summed E-state index contributed by atoms with van der Waals surface area (Å²) in [7, 11) is 0. The lowest BCUT2D eigenvalue weighted by molar-refractivity contribution is -0.119. The molecule has 0 fully saturated rings. The topological polar surface area (TPSA) is 85.8 Å². The smallest absolute Gasteiger partial charge is 0.234 e. The van der Waals surface area contributed by atoms with E-state index in [4.69, 9.17) is 5.73 Å². The molecule has 0 radical (unpaired) electrons. The lowest BCUT2D eigenvalue weighted by Crippen LogP contribution is -2.29. The van der Waals surface area contributed by atoms with Gasteiger partial charge in [0.1, 0.15) is 5.69 Å². The second-order valence-corrected chi connectivity index (χ2v) is 4.90. The van der Waals surface area contributed by atoms with Gasteiger partial charge in [-0.05, 0) is 17.9 Å². The van der Waals surface area contributed by atoms with Crippen LogP contribution in [0.5, 0.6) is 0 Å². The van der Waals surface area contributed by atoms with Gasteiger partial charge < -0.3 is 11.1 Å². The van der Waals surface area contributed by atoms with Crippen molar-refractivity contribution in [3.8, 4) is 0 Å². The maximum atomic E-state index is 10.9. The van der Waals surface area contributed by atoms with Gasteiger partial charge in [0, 0.05) is 6.54 Å². The largest absolute Gasteiger partial charge is 0.349 e. The zero-order valence-electron chi connectivity index (χ0n) is 10.1. The van der Waals surface area contributed by atoms with Gasteiger partial charge in [-0.1, -0.05) is 12.1 Å². The molecular formula is C10H19N5OS. The Hall–Kier alpha value is -1.08. The van der Waals surface area contributed by atoms with Crippen LogP contribution in [0.25, 0.3) is 0 Å². The number of aromatic nitrogens is 3. The molecule has 0 aliphatic rings. The van der Waals surface area contributed by atoms with Crippen LogP contribution in [0.15, 0.2) is 6.20 Å². The zero-order valence-corrected chi connectivity index (χ0v) is 10.9.